The lowest BCUT2D eigenvalue weighted by Gasteiger charge is -2.25. The predicted octanol–water partition coefficient (Wildman–Crippen LogP) is 2.74. The Bertz CT molecular complexity index is 291. The highest BCUT2D eigenvalue weighted by Gasteiger charge is 2.48. The van der Waals surface area contributed by atoms with Crippen LogP contribution in [-0.4, -0.2) is 23.7 Å². The van der Waals surface area contributed by atoms with Crippen LogP contribution < -0.4 is 5.32 Å². The quantitative estimate of drug-likeness (QED) is 0.769. The number of esters is 1. The molecule has 1 rings (SSSR count). The molecule has 1 fully saturated rings. The SMILES string of the molecule is C[C@H](N[C@@H](C)[C@@H]1CC1(C)C)C(=O)OC(C)(C)C. The molecule has 0 aliphatic heterocycles. The van der Waals surface area contributed by atoms with Crippen molar-refractivity contribution >= 4 is 5.97 Å². The second-order valence-corrected chi connectivity index (χ2v) is 7.01. The molecule has 1 N–H and O–H groups in total. The van der Waals surface area contributed by atoms with Crippen LogP contribution in [0.25, 0.3) is 0 Å². The van der Waals surface area contributed by atoms with Crippen LogP contribution in [0.1, 0.15) is 54.9 Å². The summed E-state index contributed by atoms with van der Waals surface area (Å²) >= 11 is 0. The molecule has 1 aliphatic carbocycles. The highest BCUT2D eigenvalue weighted by atomic mass is 16.6. The van der Waals surface area contributed by atoms with Gasteiger partial charge in [0.2, 0.25) is 0 Å². The summed E-state index contributed by atoms with van der Waals surface area (Å²) in [5.41, 5.74) is 0.0230. The number of nitrogens with one attached hydrogen (secondary N) is 1. The van der Waals surface area contributed by atoms with Crippen LogP contribution in [0.2, 0.25) is 0 Å². The summed E-state index contributed by atoms with van der Waals surface area (Å²) in [5.74, 6) is 0.509. The molecule has 0 aromatic heterocycles. The van der Waals surface area contributed by atoms with Crippen molar-refractivity contribution in [1.29, 1.82) is 0 Å². The number of ether oxygens (including phenoxy) is 1. The van der Waals surface area contributed by atoms with E-state index < -0.39 is 5.60 Å². The summed E-state index contributed by atoms with van der Waals surface area (Å²) in [5, 5.41) is 3.35. The minimum atomic E-state index is -0.408. The number of hydrogen-bond acceptors (Lipinski definition) is 3. The monoisotopic (exact) mass is 241 g/mol. The van der Waals surface area contributed by atoms with Gasteiger partial charge in [-0.3, -0.25) is 4.79 Å². The zero-order valence-corrected chi connectivity index (χ0v) is 12.3. The average Bonchev–Trinajstić information content (AvgIpc) is 2.72. The minimum absolute atomic E-state index is 0.164. The second-order valence-electron chi connectivity index (χ2n) is 7.01. The maximum absolute atomic E-state index is 11.8. The van der Waals surface area contributed by atoms with Gasteiger partial charge < -0.3 is 10.1 Å². The molecular formula is C14H27NO2. The molecule has 3 atom stereocenters. The molecule has 3 nitrogen and oxygen atoms in total. The first-order valence-electron chi connectivity index (χ1n) is 6.52. The van der Waals surface area contributed by atoms with E-state index in [1.165, 1.54) is 6.42 Å². The van der Waals surface area contributed by atoms with Crippen molar-refractivity contribution in [3.05, 3.63) is 0 Å². The van der Waals surface area contributed by atoms with Crippen LogP contribution in [0.4, 0.5) is 0 Å². The van der Waals surface area contributed by atoms with Gasteiger partial charge in [-0.15, -0.1) is 0 Å². The van der Waals surface area contributed by atoms with Crippen LogP contribution in [0.3, 0.4) is 0 Å². The predicted molar refractivity (Wildman–Crippen MR) is 69.8 cm³/mol. The number of carbonyl (C=O) groups excluding carboxylic acids is 1. The van der Waals surface area contributed by atoms with Gasteiger partial charge in [-0.1, -0.05) is 13.8 Å². The van der Waals surface area contributed by atoms with Gasteiger partial charge in [-0.05, 0) is 52.4 Å². The zero-order chi connectivity index (χ0) is 13.4. The van der Waals surface area contributed by atoms with Crippen LogP contribution >= 0.6 is 0 Å². The molecule has 0 aromatic rings. The average molecular weight is 241 g/mol. The normalized spacial score (nSPS) is 26.2. The number of rotatable bonds is 4. The fourth-order valence-corrected chi connectivity index (χ4v) is 2.33. The maximum atomic E-state index is 11.8. The van der Waals surface area contributed by atoms with Gasteiger partial charge in [-0.25, -0.2) is 0 Å². The Hall–Kier alpha value is -0.570. The van der Waals surface area contributed by atoms with Gasteiger partial charge in [0.05, 0.1) is 0 Å². The van der Waals surface area contributed by atoms with Crippen molar-refractivity contribution in [2.45, 2.75) is 72.6 Å². The van der Waals surface area contributed by atoms with Crippen molar-refractivity contribution < 1.29 is 9.53 Å². The Morgan fingerprint density at radius 1 is 1.35 bits per heavy atom. The Kier molecular flexibility index (Phi) is 3.92. The first kappa shape index (κ1) is 14.5. The molecule has 3 heteroatoms. The molecule has 1 saturated carbocycles. The smallest absolute Gasteiger partial charge is 0.323 e. The van der Waals surface area contributed by atoms with Crippen LogP contribution in [0.15, 0.2) is 0 Å². The van der Waals surface area contributed by atoms with E-state index in [1.54, 1.807) is 0 Å². The van der Waals surface area contributed by atoms with Crippen molar-refractivity contribution in [1.82, 2.24) is 5.32 Å². The minimum Gasteiger partial charge on any atom is -0.459 e. The summed E-state index contributed by atoms with van der Waals surface area (Å²) in [6, 6.07) is 0.133. The molecule has 1 aliphatic rings. The zero-order valence-electron chi connectivity index (χ0n) is 12.3. The molecule has 0 amide bonds. The van der Waals surface area contributed by atoms with Gasteiger partial charge >= 0.3 is 5.97 Å². The van der Waals surface area contributed by atoms with E-state index in [0.717, 1.165) is 0 Å². The molecule has 100 valence electrons. The van der Waals surface area contributed by atoms with Crippen molar-refractivity contribution in [2.24, 2.45) is 11.3 Å². The van der Waals surface area contributed by atoms with Crippen LogP contribution in [0.5, 0.6) is 0 Å². The van der Waals surface area contributed by atoms with Gasteiger partial charge in [0.15, 0.2) is 0 Å². The maximum Gasteiger partial charge on any atom is 0.323 e. The van der Waals surface area contributed by atoms with E-state index in [9.17, 15) is 4.79 Å². The number of carbonyl (C=O) groups is 1. The number of hydrogen-bond donors (Lipinski definition) is 1. The van der Waals surface area contributed by atoms with Gasteiger partial charge in [-0.2, -0.15) is 0 Å². The fourth-order valence-electron chi connectivity index (χ4n) is 2.33. The standard InChI is InChI=1S/C14H27NO2/c1-9(11-8-14(11,6)7)15-10(2)12(16)17-13(3,4)5/h9-11,15H,8H2,1-7H3/t9-,10-,11-/m0/s1. The largest absolute Gasteiger partial charge is 0.459 e. The second kappa shape index (κ2) is 4.60. The first-order valence-corrected chi connectivity index (χ1v) is 6.52. The molecular weight excluding hydrogens is 214 g/mol. The van der Waals surface area contributed by atoms with Gasteiger partial charge in [0, 0.05) is 6.04 Å². The Balaban J connectivity index is 2.39. The molecule has 0 spiro atoms. The highest BCUT2D eigenvalue weighted by molar-refractivity contribution is 5.75. The van der Waals surface area contributed by atoms with Crippen LogP contribution in [0, 0.1) is 11.3 Å². The van der Waals surface area contributed by atoms with E-state index in [1.807, 2.05) is 27.7 Å². The van der Waals surface area contributed by atoms with Crippen molar-refractivity contribution in [3.63, 3.8) is 0 Å². The van der Waals surface area contributed by atoms with E-state index in [-0.39, 0.29) is 12.0 Å². The molecule has 0 unspecified atom stereocenters. The fraction of sp³-hybridized carbons (Fsp3) is 0.929. The third-order valence-electron chi connectivity index (χ3n) is 3.47. The third-order valence-corrected chi connectivity index (χ3v) is 3.47. The molecule has 0 radical (unpaired) electrons. The summed E-state index contributed by atoms with van der Waals surface area (Å²) < 4.78 is 5.35. The Labute approximate surface area is 105 Å². The van der Waals surface area contributed by atoms with E-state index in [4.69, 9.17) is 4.74 Å². The Morgan fingerprint density at radius 2 is 1.82 bits per heavy atom. The first-order chi connectivity index (χ1) is 7.53. The summed E-state index contributed by atoms with van der Waals surface area (Å²) in [6.45, 7) is 14.3. The molecule has 17 heavy (non-hydrogen) atoms. The molecule has 0 aromatic carbocycles. The van der Waals surface area contributed by atoms with Crippen molar-refractivity contribution in [2.75, 3.05) is 0 Å². The summed E-state index contributed by atoms with van der Waals surface area (Å²) in [4.78, 5) is 11.8. The molecule has 0 heterocycles. The van der Waals surface area contributed by atoms with E-state index in [2.05, 4.69) is 26.1 Å². The Morgan fingerprint density at radius 3 is 2.18 bits per heavy atom. The van der Waals surface area contributed by atoms with Crippen LogP contribution in [-0.2, 0) is 9.53 Å². The lowest BCUT2D eigenvalue weighted by molar-refractivity contribution is -0.157. The topological polar surface area (TPSA) is 38.3 Å². The van der Waals surface area contributed by atoms with Crippen molar-refractivity contribution in [3.8, 4) is 0 Å². The highest BCUT2D eigenvalue weighted by Crippen LogP contribution is 2.53. The van der Waals surface area contributed by atoms with Gasteiger partial charge in [0.25, 0.3) is 0 Å². The summed E-state index contributed by atoms with van der Waals surface area (Å²) in [6.07, 6.45) is 1.24. The lowest BCUT2D eigenvalue weighted by Crippen LogP contribution is -2.44. The summed E-state index contributed by atoms with van der Waals surface area (Å²) in [7, 11) is 0. The van der Waals surface area contributed by atoms with E-state index >= 15 is 0 Å². The van der Waals surface area contributed by atoms with Gasteiger partial charge in [0.1, 0.15) is 11.6 Å². The third kappa shape index (κ3) is 4.30. The lowest BCUT2D eigenvalue weighted by atomic mass is 10.0. The van der Waals surface area contributed by atoms with E-state index in [0.29, 0.717) is 17.4 Å². The molecule has 0 bridgehead atoms. The molecule has 0 saturated heterocycles.